The van der Waals surface area contributed by atoms with Crippen molar-refractivity contribution in [3.63, 3.8) is 0 Å². The van der Waals surface area contributed by atoms with Gasteiger partial charge in [0.2, 0.25) is 0 Å². The van der Waals surface area contributed by atoms with Gasteiger partial charge in [0.15, 0.2) is 5.16 Å². The van der Waals surface area contributed by atoms with Gasteiger partial charge in [-0.05, 0) is 30.3 Å². The Labute approximate surface area is 154 Å². The van der Waals surface area contributed by atoms with Crippen molar-refractivity contribution >= 4 is 22.7 Å². The Bertz CT molecular complexity index is 975. The van der Waals surface area contributed by atoms with Crippen molar-refractivity contribution in [1.82, 2.24) is 9.55 Å². The van der Waals surface area contributed by atoms with Crippen molar-refractivity contribution < 1.29 is 13.9 Å². The number of para-hydroxylation sites is 1. The van der Waals surface area contributed by atoms with Crippen molar-refractivity contribution in [2.75, 3.05) is 20.8 Å². The fraction of sp³-hybridized carbons (Fsp3) is 0.263. The summed E-state index contributed by atoms with van der Waals surface area (Å²) in [5, 5.41) is 1.13. The number of rotatable bonds is 7. The van der Waals surface area contributed by atoms with Gasteiger partial charge in [0.25, 0.3) is 5.56 Å². The Morgan fingerprint density at radius 3 is 2.77 bits per heavy atom. The van der Waals surface area contributed by atoms with Gasteiger partial charge in [-0.25, -0.2) is 9.37 Å². The average molecular weight is 374 g/mol. The first-order valence-electron chi connectivity index (χ1n) is 8.07. The minimum Gasteiger partial charge on any atom is -0.496 e. The van der Waals surface area contributed by atoms with Gasteiger partial charge in [-0.1, -0.05) is 23.9 Å². The lowest BCUT2D eigenvalue weighted by atomic mass is 10.2. The second-order valence-corrected chi connectivity index (χ2v) is 6.55. The third kappa shape index (κ3) is 3.89. The fourth-order valence-electron chi connectivity index (χ4n) is 2.64. The van der Waals surface area contributed by atoms with Crippen molar-refractivity contribution in [3.8, 4) is 5.75 Å². The predicted octanol–water partition coefficient (Wildman–Crippen LogP) is 3.48. The number of hydrogen-bond donors (Lipinski definition) is 0. The first-order valence-corrected chi connectivity index (χ1v) is 9.06. The Balaban J connectivity index is 1.98. The second-order valence-electron chi connectivity index (χ2n) is 5.61. The van der Waals surface area contributed by atoms with E-state index in [2.05, 4.69) is 4.98 Å². The Kier molecular flexibility index (Phi) is 5.90. The molecule has 2 aromatic carbocycles. The number of halogens is 1. The van der Waals surface area contributed by atoms with E-state index in [0.29, 0.717) is 46.3 Å². The summed E-state index contributed by atoms with van der Waals surface area (Å²) in [5.41, 5.74) is 1.24. The summed E-state index contributed by atoms with van der Waals surface area (Å²) in [6, 6.07) is 11.6. The molecule has 0 aliphatic rings. The molecule has 0 saturated heterocycles. The summed E-state index contributed by atoms with van der Waals surface area (Å²) in [5.74, 6) is 0.703. The highest BCUT2D eigenvalue weighted by Gasteiger charge is 2.13. The van der Waals surface area contributed by atoms with E-state index in [-0.39, 0.29) is 11.4 Å². The number of fused-ring (bicyclic) bond motifs is 1. The number of hydrogen-bond acceptors (Lipinski definition) is 5. The molecule has 7 heteroatoms. The normalized spacial score (nSPS) is 11.0. The van der Waals surface area contributed by atoms with E-state index in [0.717, 1.165) is 0 Å². The Morgan fingerprint density at radius 1 is 1.19 bits per heavy atom. The van der Waals surface area contributed by atoms with Gasteiger partial charge in [-0.3, -0.25) is 9.36 Å². The third-order valence-electron chi connectivity index (χ3n) is 3.94. The summed E-state index contributed by atoms with van der Waals surface area (Å²) in [6.45, 7) is 0.798. The minimum absolute atomic E-state index is 0.110. The monoisotopic (exact) mass is 374 g/mol. The van der Waals surface area contributed by atoms with Gasteiger partial charge in [0.05, 0.1) is 31.2 Å². The molecule has 136 valence electrons. The molecule has 0 aliphatic carbocycles. The van der Waals surface area contributed by atoms with Gasteiger partial charge in [-0.2, -0.15) is 0 Å². The first-order chi connectivity index (χ1) is 12.6. The van der Waals surface area contributed by atoms with Crippen molar-refractivity contribution in [3.05, 3.63) is 64.2 Å². The first kappa shape index (κ1) is 18.4. The molecule has 5 nitrogen and oxygen atoms in total. The van der Waals surface area contributed by atoms with Crippen LogP contribution in [0.4, 0.5) is 4.39 Å². The SMILES string of the molecule is COCCn1c(SCc2cc(F)ccc2OC)nc2ccccc2c1=O. The van der Waals surface area contributed by atoms with Crippen LogP contribution in [-0.4, -0.2) is 30.4 Å². The van der Waals surface area contributed by atoms with E-state index < -0.39 is 0 Å². The van der Waals surface area contributed by atoms with E-state index in [4.69, 9.17) is 9.47 Å². The second kappa shape index (κ2) is 8.33. The van der Waals surface area contributed by atoms with Gasteiger partial charge in [0, 0.05) is 18.4 Å². The largest absolute Gasteiger partial charge is 0.496 e. The van der Waals surface area contributed by atoms with E-state index in [1.54, 1.807) is 30.9 Å². The standard InChI is InChI=1S/C19H19FN2O3S/c1-24-10-9-22-18(23)15-5-3-4-6-16(15)21-19(22)26-12-13-11-14(20)7-8-17(13)25-2/h3-8,11H,9-10,12H2,1-2H3. The van der Waals surface area contributed by atoms with Crippen LogP contribution in [0.1, 0.15) is 5.56 Å². The molecule has 1 heterocycles. The molecule has 1 aromatic heterocycles. The molecule has 3 aromatic rings. The van der Waals surface area contributed by atoms with Crippen LogP contribution in [-0.2, 0) is 17.0 Å². The van der Waals surface area contributed by atoms with Crippen LogP contribution in [0.3, 0.4) is 0 Å². The van der Waals surface area contributed by atoms with Gasteiger partial charge in [0.1, 0.15) is 11.6 Å². The zero-order chi connectivity index (χ0) is 18.5. The number of ether oxygens (including phenoxy) is 2. The molecular weight excluding hydrogens is 355 g/mol. The zero-order valence-electron chi connectivity index (χ0n) is 14.6. The molecule has 26 heavy (non-hydrogen) atoms. The van der Waals surface area contributed by atoms with Crippen LogP contribution in [0.5, 0.6) is 5.75 Å². The minimum atomic E-state index is -0.329. The molecule has 0 unspecified atom stereocenters. The smallest absolute Gasteiger partial charge is 0.262 e. The van der Waals surface area contributed by atoms with Gasteiger partial charge < -0.3 is 9.47 Å². The number of methoxy groups -OCH3 is 2. The molecule has 0 atom stereocenters. The number of thioether (sulfide) groups is 1. The van der Waals surface area contributed by atoms with Crippen LogP contribution in [0.2, 0.25) is 0 Å². The van der Waals surface area contributed by atoms with Gasteiger partial charge in [-0.15, -0.1) is 0 Å². The molecule has 0 aliphatic heterocycles. The van der Waals surface area contributed by atoms with Crippen molar-refractivity contribution in [2.45, 2.75) is 17.5 Å². The maximum Gasteiger partial charge on any atom is 0.262 e. The molecular formula is C19H19FN2O3S. The van der Waals surface area contributed by atoms with Gasteiger partial charge >= 0.3 is 0 Å². The summed E-state index contributed by atoms with van der Waals surface area (Å²) in [6.07, 6.45) is 0. The van der Waals surface area contributed by atoms with E-state index in [1.165, 1.54) is 23.9 Å². The molecule has 0 fully saturated rings. The average Bonchev–Trinajstić information content (AvgIpc) is 2.66. The van der Waals surface area contributed by atoms with Crippen molar-refractivity contribution in [2.24, 2.45) is 0 Å². The molecule has 0 bridgehead atoms. The lowest BCUT2D eigenvalue weighted by Gasteiger charge is -2.13. The van der Waals surface area contributed by atoms with Crippen LogP contribution in [0.15, 0.2) is 52.4 Å². The fourth-order valence-corrected chi connectivity index (χ4v) is 3.64. The van der Waals surface area contributed by atoms with E-state index in [9.17, 15) is 9.18 Å². The summed E-state index contributed by atoms with van der Waals surface area (Å²) < 4.78 is 25.6. The maximum atomic E-state index is 13.6. The summed E-state index contributed by atoms with van der Waals surface area (Å²) in [7, 11) is 3.13. The van der Waals surface area contributed by atoms with Crippen LogP contribution in [0, 0.1) is 5.82 Å². The zero-order valence-corrected chi connectivity index (χ0v) is 15.4. The molecule has 0 amide bonds. The highest BCUT2D eigenvalue weighted by Crippen LogP contribution is 2.28. The topological polar surface area (TPSA) is 53.4 Å². The molecule has 0 N–H and O–H groups in total. The lowest BCUT2D eigenvalue weighted by Crippen LogP contribution is -2.25. The number of nitrogens with zero attached hydrogens (tertiary/aromatic N) is 2. The highest BCUT2D eigenvalue weighted by molar-refractivity contribution is 7.98. The number of benzene rings is 2. The molecule has 3 rings (SSSR count). The summed E-state index contributed by atoms with van der Waals surface area (Å²) in [4.78, 5) is 17.4. The molecule has 0 spiro atoms. The van der Waals surface area contributed by atoms with Crippen LogP contribution >= 0.6 is 11.8 Å². The predicted molar refractivity (Wildman–Crippen MR) is 100 cm³/mol. The number of aromatic nitrogens is 2. The van der Waals surface area contributed by atoms with E-state index >= 15 is 0 Å². The third-order valence-corrected chi connectivity index (χ3v) is 4.97. The van der Waals surface area contributed by atoms with Crippen LogP contribution < -0.4 is 10.3 Å². The Morgan fingerprint density at radius 2 is 2.00 bits per heavy atom. The summed E-state index contributed by atoms with van der Waals surface area (Å²) >= 11 is 1.37. The van der Waals surface area contributed by atoms with Crippen LogP contribution in [0.25, 0.3) is 10.9 Å². The van der Waals surface area contributed by atoms with Crippen molar-refractivity contribution in [1.29, 1.82) is 0 Å². The molecule has 0 radical (unpaired) electrons. The quantitative estimate of drug-likeness (QED) is 0.468. The lowest BCUT2D eigenvalue weighted by molar-refractivity contribution is 0.183. The Hall–Kier alpha value is -2.38. The van der Waals surface area contributed by atoms with E-state index in [1.807, 2.05) is 18.2 Å². The maximum absolute atomic E-state index is 13.6. The highest BCUT2D eigenvalue weighted by atomic mass is 32.2. The molecule has 0 saturated carbocycles.